The Bertz CT molecular complexity index is 427. The molecule has 1 atom stereocenters. The van der Waals surface area contributed by atoms with E-state index in [0.29, 0.717) is 0 Å². The lowest BCUT2D eigenvalue weighted by atomic mass is 9.98. The summed E-state index contributed by atoms with van der Waals surface area (Å²) >= 11 is 0. The Morgan fingerprint density at radius 1 is 1.26 bits per heavy atom. The largest absolute Gasteiger partial charge is 0.461 e. The Morgan fingerprint density at radius 3 is 2.16 bits per heavy atom. The van der Waals surface area contributed by atoms with Crippen LogP contribution in [0.15, 0.2) is 24.3 Å². The topological polar surface area (TPSA) is 46.5 Å². The monoisotopic (exact) mass is 272 g/mol. The maximum absolute atomic E-state index is 13.6. The van der Waals surface area contributed by atoms with E-state index in [4.69, 9.17) is 0 Å². The van der Waals surface area contributed by atoms with Crippen molar-refractivity contribution in [3.63, 3.8) is 0 Å². The molecule has 0 saturated carbocycles. The molecule has 1 aromatic rings. The minimum absolute atomic E-state index is 0.0116. The van der Waals surface area contributed by atoms with Gasteiger partial charge in [0.15, 0.2) is 6.10 Å². The fraction of sp³-hybridized carbons (Fsp3) is 0.500. The molecular formula is C14H18F2O3. The Morgan fingerprint density at radius 2 is 1.74 bits per heavy atom. The van der Waals surface area contributed by atoms with Crippen molar-refractivity contribution in [3.05, 3.63) is 35.4 Å². The molecule has 1 N–H and O–H groups in total. The molecule has 1 unspecified atom stereocenters. The number of esters is 1. The molecule has 0 aromatic heterocycles. The molecular weight excluding hydrogens is 254 g/mol. The number of aliphatic hydroxyl groups excluding tert-OH is 1. The molecule has 1 rings (SSSR count). The average molecular weight is 272 g/mol. The number of alkyl halides is 2. The summed E-state index contributed by atoms with van der Waals surface area (Å²) in [5.41, 5.74) is 0.956. The van der Waals surface area contributed by atoms with Gasteiger partial charge in [-0.3, -0.25) is 0 Å². The van der Waals surface area contributed by atoms with Crippen LogP contribution in [0.2, 0.25) is 0 Å². The maximum Gasteiger partial charge on any atom is 0.380 e. The summed E-state index contributed by atoms with van der Waals surface area (Å²) in [6.45, 7) is 5.21. The number of carbonyl (C=O) groups is 1. The van der Waals surface area contributed by atoms with E-state index >= 15 is 0 Å². The van der Waals surface area contributed by atoms with E-state index in [9.17, 15) is 18.7 Å². The zero-order chi connectivity index (χ0) is 14.6. The van der Waals surface area contributed by atoms with Crippen molar-refractivity contribution in [2.45, 2.75) is 38.7 Å². The first-order chi connectivity index (χ1) is 8.80. The summed E-state index contributed by atoms with van der Waals surface area (Å²) < 4.78 is 31.5. The number of hydrogen-bond acceptors (Lipinski definition) is 3. The minimum Gasteiger partial charge on any atom is -0.461 e. The van der Waals surface area contributed by atoms with E-state index in [-0.39, 0.29) is 18.1 Å². The van der Waals surface area contributed by atoms with Crippen molar-refractivity contribution in [2.75, 3.05) is 6.61 Å². The summed E-state index contributed by atoms with van der Waals surface area (Å²) in [6.07, 6.45) is -2.20. The summed E-state index contributed by atoms with van der Waals surface area (Å²) in [7, 11) is 0. The van der Waals surface area contributed by atoms with E-state index in [2.05, 4.69) is 4.74 Å². The summed E-state index contributed by atoms with van der Waals surface area (Å²) in [5.74, 6) is -5.40. The third kappa shape index (κ3) is 3.50. The quantitative estimate of drug-likeness (QED) is 0.838. The predicted octanol–water partition coefficient (Wildman–Crippen LogP) is 3.04. The van der Waals surface area contributed by atoms with Gasteiger partial charge in [-0.15, -0.1) is 0 Å². The maximum atomic E-state index is 13.6. The lowest BCUT2D eigenvalue weighted by molar-refractivity contribution is -0.189. The second kappa shape index (κ2) is 6.10. The van der Waals surface area contributed by atoms with Gasteiger partial charge < -0.3 is 9.84 Å². The van der Waals surface area contributed by atoms with Gasteiger partial charge in [-0.25, -0.2) is 4.79 Å². The van der Waals surface area contributed by atoms with E-state index in [0.717, 1.165) is 5.56 Å². The fourth-order valence-corrected chi connectivity index (χ4v) is 1.61. The highest BCUT2D eigenvalue weighted by Gasteiger charge is 2.48. The van der Waals surface area contributed by atoms with Gasteiger partial charge in [-0.1, -0.05) is 38.1 Å². The van der Waals surface area contributed by atoms with Crippen molar-refractivity contribution in [3.8, 4) is 0 Å². The van der Waals surface area contributed by atoms with Crippen molar-refractivity contribution in [1.82, 2.24) is 0 Å². The zero-order valence-electron chi connectivity index (χ0n) is 11.2. The lowest BCUT2D eigenvalue weighted by Gasteiger charge is -2.21. The van der Waals surface area contributed by atoms with Crippen LogP contribution in [0.5, 0.6) is 0 Å². The molecule has 0 radical (unpaired) electrons. The first-order valence-electron chi connectivity index (χ1n) is 6.13. The van der Waals surface area contributed by atoms with Crippen molar-refractivity contribution >= 4 is 5.97 Å². The Kier molecular flexibility index (Phi) is 5.00. The van der Waals surface area contributed by atoms with E-state index < -0.39 is 18.0 Å². The molecule has 0 fully saturated rings. The number of rotatable bonds is 5. The Balaban J connectivity index is 2.92. The number of benzene rings is 1. The molecule has 0 amide bonds. The molecule has 3 nitrogen and oxygen atoms in total. The van der Waals surface area contributed by atoms with E-state index in [1.165, 1.54) is 19.1 Å². The van der Waals surface area contributed by atoms with Crippen LogP contribution in [0, 0.1) is 0 Å². The number of carbonyl (C=O) groups excluding carboxylic acids is 1. The van der Waals surface area contributed by atoms with Crippen molar-refractivity contribution in [2.24, 2.45) is 0 Å². The molecule has 5 heteroatoms. The highest BCUT2D eigenvalue weighted by molar-refractivity contribution is 5.78. The summed E-state index contributed by atoms with van der Waals surface area (Å²) in [5, 5.41) is 9.62. The SMILES string of the molecule is CCOC(=O)C(F)(F)C(O)c1ccc(C(C)C)cc1. The molecule has 106 valence electrons. The molecule has 0 spiro atoms. The second-order valence-corrected chi connectivity index (χ2v) is 4.57. The van der Waals surface area contributed by atoms with Crippen LogP contribution in [-0.4, -0.2) is 23.6 Å². The van der Waals surface area contributed by atoms with E-state index in [1.807, 2.05) is 13.8 Å². The smallest absolute Gasteiger partial charge is 0.380 e. The van der Waals surface area contributed by atoms with Gasteiger partial charge in [0.05, 0.1) is 6.61 Å². The van der Waals surface area contributed by atoms with Crippen LogP contribution in [0.25, 0.3) is 0 Å². The fourth-order valence-electron chi connectivity index (χ4n) is 1.61. The summed E-state index contributed by atoms with van der Waals surface area (Å²) in [4.78, 5) is 11.1. The third-order valence-electron chi connectivity index (χ3n) is 2.81. The summed E-state index contributed by atoms with van der Waals surface area (Å²) in [6, 6.07) is 6.11. The van der Waals surface area contributed by atoms with Gasteiger partial charge in [0.2, 0.25) is 0 Å². The average Bonchev–Trinajstić information content (AvgIpc) is 2.38. The highest BCUT2D eigenvalue weighted by Crippen LogP contribution is 2.33. The minimum atomic E-state index is -3.95. The molecule has 0 aliphatic carbocycles. The molecule has 0 aliphatic rings. The number of aliphatic hydroxyl groups is 1. The van der Waals surface area contributed by atoms with Crippen molar-refractivity contribution < 1.29 is 23.4 Å². The van der Waals surface area contributed by atoms with Crippen LogP contribution in [0.4, 0.5) is 8.78 Å². The number of hydrogen-bond donors (Lipinski definition) is 1. The Labute approximate surface area is 111 Å². The van der Waals surface area contributed by atoms with Gasteiger partial charge in [0, 0.05) is 0 Å². The highest BCUT2D eigenvalue weighted by atomic mass is 19.3. The molecule has 0 heterocycles. The second-order valence-electron chi connectivity index (χ2n) is 4.57. The normalized spacial score (nSPS) is 13.4. The predicted molar refractivity (Wildman–Crippen MR) is 67.1 cm³/mol. The van der Waals surface area contributed by atoms with Crippen molar-refractivity contribution in [1.29, 1.82) is 0 Å². The first kappa shape index (κ1) is 15.6. The lowest BCUT2D eigenvalue weighted by Crippen LogP contribution is -2.37. The van der Waals surface area contributed by atoms with Crippen LogP contribution in [0.1, 0.15) is 43.9 Å². The van der Waals surface area contributed by atoms with E-state index in [1.54, 1.807) is 12.1 Å². The Hall–Kier alpha value is -1.49. The van der Waals surface area contributed by atoms with Gasteiger partial charge in [0.1, 0.15) is 0 Å². The number of ether oxygens (including phenoxy) is 1. The standard InChI is InChI=1S/C14H18F2O3/c1-4-19-13(18)14(15,16)12(17)11-7-5-10(6-8-11)9(2)3/h5-9,12,17H,4H2,1-3H3. The van der Waals surface area contributed by atoms with Gasteiger partial charge in [-0.05, 0) is 24.0 Å². The number of halogens is 2. The van der Waals surface area contributed by atoms with Gasteiger partial charge in [0.25, 0.3) is 0 Å². The van der Waals surface area contributed by atoms with Gasteiger partial charge >= 0.3 is 11.9 Å². The molecule has 0 aliphatic heterocycles. The van der Waals surface area contributed by atoms with Gasteiger partial charge in [-0.2, -0.15) is 8.78 Å². The zero-order valence-corrected chi connectivity index (χ0v) is 11.2. The molecule has 0 saturated heterocycles. The van der Waals surface area contributed by atoms with Crippen LogP contribution in [-0.2, 0) is 9.53 Å². The molecule has 0 bridgehead atoms. The van der Waals surface area contributed by atoms with Crippen LogP contribution < -0.4 is 0 Å². The van der Waals surface area contributed by atoms with Crippen LogP contribution >= 0.6 is 0 Å². The van der Waals surface area contributed by atoms with Crippen LogP contribution in [0.3, 0.4) is 0 Å². The molecule has 1 aromatic carbocycles. The molecule has 19 heavy (non-hydrogen) atoms. The first-order valence-corrected chi connectivity index (χ1v) is 6.13. The third-order valence-corrected chi connectivity index (χ3v) is 2.81.